The Morgan fingerprint density at radius 3 is 2.73 bits per heavy atom. The first-order valence-corrected chi connectivity index (χ1v) is 11.4. The van der Waals surface area contributed by atoms with Gasteiger partial charge in [-0.1, -0.05) is 12.1 Å². The third kappa shape index (κ3) is 3.60. The molecule has 9 heteroatoms. The first kappa shape index (κ1) is 19.2. The van der Waals surface area contributed by atoms with Crippen LogP contribution in [0.1, 0.15) is 10.5 Å². The lowest BCUT2D eigenvalue weighted by Gasteiger charge is -2.37. The van der Waals surface area contributed by atoms with Crippen molar-refractivity contribution in [2.45, 2.75) is 6.10 Å². The van der Waals surface area contributed by atoms with Gasteiger partial charge in [-0.15, -0.1) is 11.3 Å². The largest absolute Gasteiger partial charge is 0.476 e. The molecule has 1 aromatic carbocycles. The topological polar surface area (TPSA) is 72.0 Å². The van der Waals surface area contributed by atoms with Crippen LogP contribution in [0.25, 0.3) is 10.6 Å². The van der Waals surface area contributed by atoms with Gasteiger partial charge in [0.05, 0.1) is 25.4 Å². The van der Waals surface area contributed by atoms with E-state index in [4.69, 9.17) is 9.47 Å². The van der Waals surface area contributed by atoms with Crippen LogP contribution in [-0.2, 0) is 9.53 Å². The van der Waals surface area contributed by atoms with Gasteiger partial charge in [0.1, 0.15) is 16.5 Å². The number of carbonyl (C=O) groups excluding carboxylic acids is 2. The van der Waals surface area contributed by atoms with Crippen molar-refractivity contribution in [1.29, 1.82) is 0 Å². The number of ether oxygens (including phenoxy) is 2. The van der Waals surface area contributed by atoms with E-state index in [1.54, 1.807) is 32.6 Å². The minimum absolute atomic E-state index is 0.122. The lowest BCUT2D eigenvalue weighted by molar-refractivity contribution is -0.142. The number of morpholine rings is 1. The predicted octanol–water partition coefficient (Wildman–Crippen LogP) is 3.14. The molecule has 0 bridgehead atoms. The van der Waals surface area contributed by atoms with E-state index in [2.05, 4.69) is 4.98 Å². The molecule has 1 atom stereocenters. The second kappa shape index (κ2) is 8.17. The van der Waals surface area contributed by atoms with Gasteiger partial charge in [-0.25, -0.2) is 4.98 Å². The van der Waals surface area contributed by atoms with Gasteiger partial charge in [-0.2, -0.15) is 11.3 Å². The first-order valence-electron chi connectivity index (χ1n) is 9.63. The van der Waals surface area contributed by atoms with Crippen molar-refractivity contribution in [3.63, 3.8) is 0 Å². The molecule has 3 aromatic rings. The van der Waals surface area contributed by atoms with Gasteiger partial charge in [0, 0.05) is 29.4 Å². The summed E-state index contributed by atoms with van der Waals surface area (Å²) in [4.78, 5) is 34.3. The summed E-state index contributed by atoms with van der Waals surface area (Å²) in [7, 11) is 0. The number of para-hydroxylation sites is 2. The zero-order valence-electron chi connectivity index (χ0n) is 16.0. The van der Waals surface area contributed by atoms with E-state index in [0.29, 0.717) is 43.4 Å². The minimum Gasteiger partial charge on any atom is -0.476 e. The van der Waals surface area contributed by atoms with Crippen molar-refractivity contribution in [2.24, 2.45) is 0 Å². The normalized spacial score (nSPS) is 18.6. The Morgan fingerprint density at radius 2 is 1.93 bits per heavy atom. The molecule has 0 N–H and O–H groups in total. The van der Waals surface area contributed by atoms with Crippen molar-refractivity contribution in [3.05, 3.63) is 52.2 Å². The predicted molar refractivity (Wildman–Crippen MR) is 115 cm³/mol. The summed E-state index contributed by atoms with van der Waals surface area (Å²) in [6.07, 6.45) is -0.753. The molecule has 4 heterocycles. The standard InChI is InChI=1S/C21H19N3O4S2/c25-20(15-13-30-19(22-15)14-5-10-29-12-14)24-11-18(21(26)23-6-8-27-9-7-23)28-17-4-2-1-3-16(17)24/h1-5,10,12-13,18H,6-9,11H2/t18-/m1/s1. The monoisotopic (exact) mass is 441 g/mol. The molecule has 0 saturated carbocycles. The van der Waals surface area contributed by atoms with E-state index in [-0.39, 0.29) is 18.4 Å². The van der Waals surface area contributed by atoms with Crippen molar-refractivity contribution in [3.8, 4) is 16.3 Å². The summed E-state index contributed by atoms with van der Waals surface area (Å²) in [5, 5.41) is 6.57. The van der Waals surface area contributed by atoms with Crippen LogP contribution < -0.4 is 9.64 Å². The third-order valence-electron chi connectivity index (χ3n) is 5.11. The number of aromatic nitrogens is 1. The molecule has 154 valence electrons. The molecule has 7 nitrogen and oxygen atoms in total. The number of anilines is 1. The highest BCUT2D eigenvalue weighted by atomic mass is 32.1. The second-order valence-corrected chi connectivity index (χ2v) is 8.62. The number of fused-ring (bicyclic) bond motifs is 1. The summed E-state index contributed by atoms with van der Waals surface area (Å²) in [6.45, 7) is 2.25. The van der Waals surface area contributed by atoms with Crippen molar-refractivity contribution in [1.82, 2.24) is 9.88 Å². The van der Waals surface area contributed by atoms with E-state index < -0.39 is 6.10 Å². The third-order valence-corrected chi connectivity index (χ3v) is 6.68. The molecule has 2 aliphatic rings. The second-order valence-electron chi connectivity index (χ2n) is 6.98. The first-order chi connectivity index (χ1) is 14.7. The highest BCUT2D eigenvalue weighted by Crippen LogP contribution is 2.35. The Kier molecular flexibility index (Phi) is 5.24. The van der Waals surface area contributed by atoms with Gasteiger partial charge in [-0.3, -0.25) is 14.5 Å². The summed E-state index contributed by atoms with van der Waals surface area (Å²) >= 11 is 3.03. The maximum atomic E-state index is 13.4. The molecular weight excluding hydrogens is 422 g/mol. The van der Waals surface area contributed by atoms with E-state index >= 15 is 0 Å². The van der Waals surface area contributed by atoms with Crippen molar-refractivity contribution in [2.75, 3.05) is 37.7 Å². The average Bonchev–Trinajstić information content (AvgIpc) is 3.50. The SMILES string of the molecule is O=C([C@H]1CN(C(=O)c2csc(-c3ccsc3)n2)c2ccccc2O1)N1CCOCC1. The molecule has 0 unspecified atom stereocenters. The van der Waals surface area contributed by atoms with Crippen LogP contribution in [0.5, 0.6) is 5.75 Å². The van der Waals surface area contributed by atoms with Crippen molar-refractivity contribution < 1.29 is 19.1 Å². The number of benzene rings is 1. The fourth-order valence-electron chi connectivity index (χ4n) is 3.57. The van der Waals surface area contributed by atoms with Gasteiger partial charge >= 0.3 is 0 Å². The number of rotatable bonds is 3. The van der Waals surface area contributed by atoms with Crippen LogP contribution >= 0.6 is 22.7 Å². The molecule has 1 fully saturated rings. The maximum absolute atomic E-state index is 13.4. The highest BCUT2D eigenvalue weighted by Gasteiger charge is 2.37. The lowest BCUT2D eigenvalue weighted by atomic mass is 10.1. The molecule has 0 aliphatic carbocycles. The van der Waals surface area contributed by atoms with E-state index in [0.717, 1.165) is 10.6 Å². The number of thiophene rings is 1. The minimum atomic E-state index is -0.753. The molecule has 0 radical (unpaired) electrons. The average molecular weight is 442 g/mol. The summed E-state index contributed by atoms with van der Waals surface area (Å²) < 4.78 is 11.3. The molecule has 5 rings (SSSR count). The Hall–Kier alpha value is -2.75. The van der Waals surface area contributed by atoms with Gasteiger partial charge < -0.3 is 14.4 Å². The van der Waals surface area contributed by atoms with E-state index in [9.17, 15) is 9.59 Å². The fourth-order valence-corrected chi connectivity index (χ4v) is 5.08. The Morgan fingerprint density at radius 1 is 1.10 bits per heavy atom. The van der Waals surface area contributed by atoms with Crippen LogP contribution in [0.2, 0.25) is 0 Å². The number of thiazole rings is 1. The smallest absolute Gasteiger partial charge is 0.278 e. The molecule has 30 heavy (non-hydrogen) atoms. The summed E-state index contributed by atoms with van der Waals surface area (Å²) in [6, 6.07) is 9.28. The van der Waals surface area contributed by atoms with Gasteiger partial charge in [0.2, 0.25) is 0 Å². The van der Waals surface area contributed by atoms with E-state index in [1.165, 1.54) is 11.3 Å². The number of hydrogen-bond donors (Lipinski definition) is 0. The number of amides is 2. The fraction of sp³-hybridized carbons (Fsp3) is 0.286. The number of nitrogens with zero attached hydrogens (tertiary/aromatic N) is 3. The zero-order valence-corrected chi connectivity index (χ0v) is 17.7. The van der Waals surface area contributed by atoms with Gasteiger partial charge in [0.15, 0.2) is 6.10 Å². The summed E-state index contributed by atoms with van der Waals surface area (Å²) in [5.74, 6) is 0.170. The number of carbonyl (C=O) groups is 2. The molecule has 0 spiro atoms. The zero-order chi connectivity index (χ0) is 20.5. The van der Waals surface area contributed by atoms with Crippen molar-refractivity contribution >= 4 is 40.2 Å². The maximum Gasteiger partial charge on any atom is 0.278 e. The molecule has 1 saturated heterocycles. The van der Waals surface area contributed by atoms with Crippen LogP contribution in [0.3, 0.4) is 0 Å². The quantitative estimate of drug-likeness (QED) is 0.625. The van der Waals surface area contributed by atoms with Crippen LogP contribution in [0, 0.1) is 0 Å². The Balaban J connectivity index is 1.43. The Bertz CT molecular complexity index is 1060. The van der Waals surface area contributed by atoms with Gasteiger partial charge in [0.25, 0.3) is 11.8 Å². The van der Waals surface area contributed by atoms with Gasteiger partial charge in [-0.05, 0) is 23.6 Å². The van der Waals surface area contributed by atoms with Crippen LogP contribution in [0.4, 0.5) is 5.69 Å². The molecule has 2 amide bonds. The van der Waals surface area contributed by atoms with Crippen LogP contribution in [0.15, 0.2) is 46.5 Å². The van der Waals surface area contributed by atoms with E-state index in [1.807, 2.05) is 35.0 Å². The number of hydrogen-bond acceptors (Lipinski definition) is 7. The lowest BCUT2D eigenvalue weighted by Crippen LogP contribution is -2.54. The Labute approximate surface area is 181 Å². The highest BCUT2D eigenvalue weighted by molar-refractivity contribution is 7.14. The molecule has 2 aliphatic heterocycles. The molecule has 2 aromatic heterocycles. The summed E-state index contributed by atoms with van der Waals surface area (Å²) in [5.41, 5.74) is 2.03. The molecular formula is C21H19N3O4S2. The van der Waals surface area contributed by atoms with Crippen LogP contribution in [-0.4, -0.2) is 60.7 Å².